The van der Waals surface area contributed by atoms with Crippen LogP contribution in [0.4, 0.5) is 5.69 Å². The number of anilines is 1. The second-order valence-electron chi connectivity index (χ2n) is 5.71. The molecular weight excluding hydrogens is 288 g/mol. The summed E-state index contributed by atoms with van der Waals surface area (Å²) >= 11 is 0. The molecule has 6 heteroatoms. The Kier molecular flexibility index (Phi) is 5.78. The number of hydrogen-bond acceptors (Lipinski definition) is 3. The van der Waals surface area contributed by atoms with E-state index in [0.29, 0.717) is 11.6 Å². The maximum atomic E-state index is 12.0. The van der Waals surface area contributed by atoms with Crippen molar-refractivity contribution < 1.29 is 13.2 Å². The Hall–Kier alpha value is -1.56. The third-order valence-electron chi connectivity index (χ3n) is 3.40. The minimum atomic E-state index is -3.51. The summed E-state index contributed by atoms with van der Waals surface area (Å²) in [4.78, 5) is 12.0. The minimum absolute atomic E-state index is 0.00284. The first kappa shape index (κ1) is 17.5. The maximum Gasteiger partial charge on any atom is 0.240 e. The number of carbonyl (C=O) groups excluding carboxylic acids is 1. The van der Waals surface area contributed by atoms with Crippen molar-refractivity contribution in [1.82, 2.24) is 5.32 Å². The molecule has 118 valence electrons. The van der Waals surface area contributed by atoms with Gasteiger partial charge in [0.2, 0.25) is 15.9 Å². The number of sulfonamides is 1. The number of aryl methyl sites for hydroxylation is 1. The molecule has 1 amide bonds. The van der Waals surface area contributed by atoms with Gasteiger partial charge in [0.25, 0.3) is 0 Å². The Labute approximate surface area is 127 Å². The summed E-state index contributed by atoms with van der Waals surface area (Å²) in [5.41, 5.74) is 1.53. The monoisotopic (exact) mass is 312 g/mol. The van der Waals surface area contributed by atoms with Crippen LogP contribution in [0.2, 0.25) is 0 Å². The Morgan fingerprint density at radius 2 is 1.71 bits per heavy atom. The first-order valence-electron chi connectivity index (χ1n) is 6.95. The number of nitrogens with one attached hydrogen (secondary N) is 1. The lowest BCUT2D eigenvalue weighted by Gasteiger charge is -2.24. The van der Waals surface area contributed by atoms with Crippen molar-refractivity contribution in [3.8, 4) is 0 Å². The van der Waals surface area contributed by atoms with E-state index in [9.17, 15) is 13.2 Å². The Bertz CT molecular complexity index is 579. The van der Waals surface area contributed by atoms with E-state index in [0.717, 1.165) is 16.1 Å². The van der Waals surface area contributed by atoms with Crippen molar-refractivity contribution in [2.75, 3.05) is 17.1 Å². The topological polar surface area (TPSA) is 66.5 Å². The normalized spacial score (nSPS) is 13.0. The highest BCUT2D eigenvalue weighted by Crippen LogP contribution is 2.17. The molecule has 0 fully saturated rings. The van der Waals surface area contributed by atoms with Crippen LogP contribution in [0.1, 0.15) is 26.3 Å². The first-order valence-corrected chi connectivity index (χ1v) is 8.80. The van der Waals surface area contributed by atoms with Crippen LogP contribution in [0.5, 0.6) is 0 Å². The van der Waals surface area contributed by atoms with Crippen LogP contribution < -0.4 is 9.62 Å². The van der Waals surface area contributed by atoms with E-state index in [2.05, 4.69) is 5.32 Å². The van der Waals surface area contributed by atoms with Crippen LogP contribution >= 0.6 is 0 Å². The molecule has 1 aromatic carbocycles. The molecule has 0 saturated carbocycles. The molecule has 0 aliphatic rings. The number of nitrogens with zero attached hydrogens (tertiary/aromatic N) is 1. The molecule has 5 nitrogen and oxygen atoms in total. The van der Waals surface area contributed by atoms with Crippen molar-refractivity contribution in [3.63, 3.8) is 0 Å². The van der Waals surface area contributed by atoms with E-state index in [1.807, 2.05) is 39.8 Å². The Balaban J connectivity index is 2.91. The van der Waals surface area contributed by atoms with Gasteiger partial charge >= 0.3 is 0 Å². The smallest absolute Gasteiger partial charge is 0.240 e. The molecule has 0 aromatic heterocycles. The van der Waals surface area contributed by atoms with Crippen molar-refractivity contribution >= 4 is 21.6 Å². The van der Waals surface area contributed by atoms with Gasteiger partial charge in [0.15, 0.2) is 0 Å². The number of amides is 1. The van der Waals surface area contributed by atoms with Crippen LogP contribution in [0.15, 0.2) is 24.3 Å². The Morgan fingerprint density at radius 1 is 1.19 bits per heavy atom. The second kappa shape index (κ2) is 6.93. The summed E-state index contributed by atoms with van der Waals surface area (Å²) in [6.07, 6.45) is 1.10. The van der Waals surface area contributed by atoms with Gasteiger partial charge < -0.3 is 5.32 Å². The standard InChI is InChI=1S/C15H24N2O3S/c1-11(2)13(4)16-15(18)10-17(21(5,19)20)14-8-6-12(3)7-9-14/h6-9,11,13H,10H2,1-5H3,(H,16,18)/t13-/m0/s1. The third kappa shape index (κ3) is 5.38. The SMILES string of the molecule is Cc1ccc(N(CC(=O)N[C@@H](C)C(C)C)S(C)(=O)=O)cc1. The zero-order valence-electron chi connectivity index (χ0n) is 13.3. The average Bonchev–Trinajstić information content (AvgIpc) is 2.35. The number of benzene rings is 1. The summed E-state index contributed by atoms with van der Waals surface area (Å²) in [7, 11) is -3.51. The fourth-order valence-corrected chi connectivity index (χ4v) is 2.56. The zero-order chi connectivity index (χ0) is 16.2. The van der Waals surface area contributed by atoms with Gasteiger partial charge in [-0.3, -0.25) is 9.10 Å². The van der Waals surface area contributed by atoms with E-state index >= 15 is 0 Å². The fraction of sp³-hybridized carbons (Fsp3) is 0.533. The van der Waals surface area contributed by atoms with Crippen molar-refractivity contribution in [2.45, 2.75) is 33.7 Å². The number of carbonyl (C=O) groups is 1. The lowest BCUT2D eigenvalue weighted by atomic mass is 10.1. The highest BCUT2D eigenvalue weighted by molar-refractivity contribution is 7.92. The highest BCUT2D eigenvalue weighted by atomic mass is 32.2. The lowest BCUT2D eigenvalue weighted by Crippen LogP contribution is -2.44. The van der Waals surface area contributed by atoms with Crippen LogP contribution in [-0.2, 0) is 14.8 Å². The summed E-state index contributed by atoms with van der Waals surface area (Å²) in [6, 6.07) is 7.05. The predicted molar refractivity (Wildman–Crippen MR) is 85.8 cm³/mol. The summed E-state index contributed by atoms with van der Waals surface area (Å²) in [6.45, 7) is 7.61. The summed E-state index contributed by atoms with van der Waals surface area (Å²) in [5.74, 6) is -0.0118. The molecule has 1 aromatic rings. The van der Waals surface area contributed by atoms with Gasteiger partial charge in [-0.25, -0.2) is 8.42 Å². The van der Waals surface area contributed by atoms with Gasteiger partial charge in [-0.15, -0.1) is 0 Å². The molecular formula is C15H24N2O3S. The van der Waals surface area contributed by atoms with E-state index in [1.54, 1.807) is 12.1 Å². The summed E-state index contributed by atoms with van der Waals surface area (Å²) in [5, 5.41) is 2.82. The van der Waals surface area contributed by atoms with E-state index < -0.39 is 10.0 Å². The highest BCUT2D eigenvalue weighted by Gasteiger charge is 2.21. The van der Waals surface area contributed by atoms with Gasteiger partial charge in [0.05, 0.1) is 11.9 Å². The van der Waals surface area contributed by atoms with Crippen LogP contribution in [0.25, 0.3) is 0 Å². The van der Waals surface area contributed by atoms with Gasteiger partial charge in [0.1, 0.15) is 6.54 Å². The molecule has 0 aliphatic carbocycles. The molecule has 1 rings (SSSR count). The average molecular weight is 312 g/mol. The maximum absolute atomic E-state index is 12.0. The van der Waals surface area contributed by atoms with Crippen molar-refractivity contribution in [1.29, 1.82) is 0 Å². The van der Waals surface area contributed by atoms with E-state index in [-0.39, 0.29) is 18.5 Å². The molecule has 1 atom stereocenters. The largest absolute Gasteiger partial charge is 0.352 e. The van der Waals surface area contributed by atoms with Crippen molar-refractivity contribution in [3.05, 3.63) is 29.8 Å². The van der Waals surface area contributed by atoms with Gasteiger partial charge in [-0.05, 0) is 31.9 Å². The van der Waals surface area contributed by atoms with Crippen LogP contribution in [0, 0.1) is 12.8 Å². The predicted octanol–water partition coefficient (Wildman–Crippen LogP) is 1.92. The fourth-order valence-electron chi connectivity index (χ4n) is 1.71. The second-order valence-corrected chi connectivity index (χ2v) is 7.61. The van der Waals surface area contributed by atoms with Crippen LogP contribution in [-0.4, -0.2) is 33.2 Å². The minimum Gasteiger partial charge on any atom is -0.352 e. The molecule has 0 spiro atoms. The van der Waals surface area contributed by atoms with Gasteiger partial charge in [0, 0.05) is 6.04 Å². The zero-order valence-corrected chi connectivity index (χ0v) is 14.1. The number of hydrogen-bond donors (Lipinski definition) is 1. The molecule has 0 saturated heterocycles. The van der Waals surface area contributed by atoms with Crippen LogP contribution in [0.3, 0.4) is 0 Å². The molecule has 0 unspecified atom stereocenters. The Morgan fingerprint density at radius 3 is 2.14 bits per heavy atom. The van der Waals surface area contributed by atoms with E-state index in [1.165, 1.54) is 0 Å². The molecule has 0 aliphatic heterocycles. The van der Waals surface area contributed by atoms with Gasteiger partial charge in [-0.1, -0.05) is 31.5 Å². The quantitative estimate of drug-likeness (QED) is 0.872. The van der Waals surface area contributed by atoms with Gasteiger partial charge in [-0.2, -0.15) is 0 Å². The lowest BCUT2D eigenvalue weighted by molar-refractivity contribution is -0.120. The molecule has 0 bridgehead atoms. The van der Waals surface area contributed by atoms with Crippen molar-refractivity contribution in [2.24, 2.45) is 5.92 Å². The molecule has 1 N–H and O–H groups in total. The molecule has 21 heavy (non-hydrogen) atoms. The summed E-state index contributed by atoms with van der Waals surface area (Å²) < 4.78 is 25.0. The number of rotatable bonds is 6. The molecule has 0 heterocycles. The molecule has 0 radical (unpaired) electrons. The first-order chi connectivity index (χ1) is 9.61. The third-order valence-corrected chi connectivity index (χ3v) is 4.54. The van der Waals surface area contributed by atoms with E-state index in [4.69, 9.17) is 0 Å².